The molecule has 0 bridgehead atoms. The van der Waals surface area contributed by atoms with Gasteiger partial charge in [-0.2, -0.15) is 0 Å². The van der Waals surface area contributed by atoms with Crippen LogP contribution in [-0.4, -0.2) is 24.2 Å². The van der Waals surface area contributed by atoms with E-state index in [1.165, 1.54) is 12.1 Å². The molecular weight excluding hydrogens is 464 g/mol. The van der Waals surface area contributed by atoms with E-state index in [4.69, 9.17) is 9.47 Å². The SMILES string of the molecule is COc1ccc(C(CC(O)c2ccc(Br)cc2)Nc2cccc([N+](=O)[O-])c2)cc1OC. The average Bonchev–Trinajstić information content (AvgIpc) is 2.78. The third-order valence-corrected chi connectivity index (χ3v) is 5.45. The molecule has 3 aromatic carbocycles. The largest absolute Gasteiger partial charge is 0.493 e. The zero-order valence-corrected chi connectivity index (χ0v) is 18.7. The van der Waals surface area contributed by atoms with E-state index < -0.39 is 11.0 Å². The van der Waals surface area contributed by atoms with Crippen LogP contribution in [0.2, 0.25) is 0 Å². The molecule has 0 saturated heterocycles. The van der Waals surface area contributed by atoms with Gasteiger partial charge in [0, 0.05) is 28.7 Å². The standard InChI is InChI=1S/C23H23BrN2O5/c1-30-22-11-8-16(12-23(22)31-2)20(14-21(27)15-6-9-17(24)10-7-15)25-18-4-3-5-19(13-18)26(28)29/h3-13,20-21,25,27H,14H2,1-2H3. The highest BCUT2D eigenvalue weighted by molar-refractivity contribution is 9.10. The van der Waals surface area contributed by atoms with Gasteiger partial charge >= 0.3 is 0 Å². The van der Waals surface area contributed by atoms with Crippen molar-refractivity contribution in [1.82, 2.24) is 0 Å². The van der Waals surface area contributed by atoms with Gasteiger partial charge in [-0.1, -0.05) is 40.2 Å². The lowest BCUT2D eigenvalue weighted by Crippen LogP contribution is -2.15. The second kappa shape index (κ2) is 10.3. The molecule has 2 unspecified atom stereocenters. The molecule has 0 heterocycles. The Bertz CT molecular complexity index is 1040. The predicted molar refractivity (Wildman–Crippen MR) is 123 cm³/mol. The molecule has 31 heavy (non-hydrogen) atoms. The Morgan fingerprint density at radius 2 is 1.68 bits per heavy atom. The Morgan fingerprint density at radius 3 is 2.32 bits per heavy atom. The predicted octanol–water partition coefficient (Wildman–Crippen LogP) is 5.65. The zero-order chi connectivity index (χ0) is 22.4. The van der Waals surface area contributed by atoms with Crippen LogP contribution in [0.4, 0.5) is 11.4 Å². The number of halogens is 1. The van der Waals surface area contributed by atoms with Crippen molar-refractivity contribution >= 4 is 27.3 Å². The molecule has 0 radical (unpaired) electrons. The van der Waals surface area contributed by atoms with Crippen molar-refractivity contribution in [2.75, 3.05) is 19.5 Å². The van der Waals surface area contributed by atoms with Gasteiger partial charge in [0.25, 0.3) is 5.69 Å². The number of ether oxygens (including phenoxy) is 2. The van der Waals surface area contributed by atoms with Crippen LogP contribution < -0.4 is 14.8 Å². The lowest BCUT2D eigenvalue weighted by Gasteiger charge is -2.24. The van der Waals surface area contributed by atoms with E-state index in [-0.39, 0.29) is 11.7 Å². The van der Waals surface area contributed by atoms with Gasteiger partial charge in [-0.3, -0.25) is 10.1 Å². The molecule has 0 saturated carbocycles. The number of hydrogen-bond donors (Lipinski definition) is 2. The topological polar surface area (TPSA) is 93.9 Å². The van der Waals surface area contributed by atoms with E-state index in [9.17, 15) is 15.2 Å². The Kier molecular flexibility index (Phi) is 7.49. The highest BCUT2D eigenvalue weighted by Crippen LogP contribution is 2.35. The van der Waals surface area contributed by atoms with E-state index in [1.807, 2.05) is 36.4 Å². The Labute approximate surface area is 188 Å². The fraction of sp³-hybridized carbons (Fsp3) is 0.217. The first kappa shape index (κ1) is 22.6. The third kappa shape index (κ3) is 5.74. The minimum absolute atomic E-state index is 0.00970. The molecule has 8 heteroatoms. The summed E-state index contributed by atoms with van der Waals surface area (Å²) in [5.41, 5.74) is 2.19. The van der Waals surface area contributed by atoms with Crippen LogP contribution in [0.25, 0.3) is 0 Å². The second-order valence-corrected chi connectivity index (χ2v) is 7.84. The van der Waals surface area contributed by atoms with Crippen LogP contribution in [0.5, 0.6) is 11.5 Å². The normalized spacial score (nSPS) is 12.6. The average molecular weight is 487 g/mol. The van der Waals surface area contributed by atoms with Crippen LogP contribution in [0.3, 0.4) is 0 Å². The maximum atomic E-state index is 11.2. The van der Waals surface area contributed by atoms with E-state index in [1.54, 1.807) is 32.4 Å². The Morgan fingerprint density at radius 1 is 1.00 bits per heavy atom. The van der Waals surface area contributed by atoms with Gasteiger partial charge in [-0.15, -0.1) is 0 Å². The van der Waals surface area contributed by atoms with E-state index in [0.717, 1.165) is 15.6 Å². The van der Waals surface area contributed by atoms with Gasteiger partial charge in [0.05, 0.1) is 31.3 Å². The van der Waals surface area contributed by atoms with Gasteiger partial charge in [-0.25, -0.2) is 0 Å². The van der Waals surface area contributed by atoms with Crippen LogP contribution >= 0.6 is 15.9 Å². The number of nitro benzene ring substituents is 1. The van der Waals surface area contributed by atoms with Gasteiger partial charge in [0.15, 0.2) is 11.5 Å². The number of benzene rings is 3. The summed E-state index contributed by atoms with van der Waals surface area (Å²) in [5, 5.41) is 25.3. The summed E-state index contributed by atoms with van der Waals surface area (Å²) >= 11 is 3.40. The highest BCUT2D eigenvalue weighted by Gasteiger charge is 2.20. The number of hydrogen-bond acceptors (Lipinski definition) is 6. The van der Waals surface area contributed by atoms with Crippen molar-refractivity contribution in [3.63, 3.8) is 0 Å². The molecular formula is C23H23BrN2O5. The Balaban J connectivity index is 1.94. The van der Waals surface area contributed by atoms with Crippen molar-refractivity contribution in [1.29, 1.82) is 0 Å². The summed E-state index contributed by atoms with van der Waals surface area (Å²) in [6.07, 6.45) is -0.419. The molecule has 2 N–H and O–H groups in total. The third-order valence-electron chi connectivity index (χ3n) is 4.92. The monoisotopic (exact) mass is 486 g/mol. The summed E-state index contributed by atoms with van der Waals surface area (Å²) in [6.45, 7) is 0. The van der Waals surface area contributed by atoms with Crippen LogP contribution in [0.15, 0.2) is 71.2 Å². The molecule has 0 fully saturated rings. The summed E-state index contributed by atoms with van der Waals surface area (Å²) in [5.74, 6) is 1.15. The van der Waals surface area contributed by atoms with Crippen molar-refractivity contribution in [3.05, 3.63) is 92.4 Å². The summed E-state index contributed by atoms with van der Waals surface area (Å²) < 4.78 is 11.7. The Hall–Kier alpha value is -3.10. The molecule has 162 valence electrons. The number of methoxy groups -OCH3 is 2. The first-order chi connectivity index (χ1) is 14.9. The van der Waals surface area contributed by atoms with Crippen LogP contribution in [0, 0.1) is 10.1 Å². The van der Waals surface area contributed by atoms with Crippen molar-refractivity contribution in [2.45, 2.75) is 18.6 Å². The molecule has 3 aromatic rings. The molecule has 0 aliphatic carbocycles. The molecule has 3 rings (SSSR count). The molecule has 0 spiro atoms. The van der Waals surface area contributed by atoms with Gasteiger partial charge in [-0.05, 0) is 41.5 Å². The smallest absolute Gasteiger partial charge is 0.271 e. The van der Waals surface area contributed by atoms with Crippen LogP contribution in [-0.2, 0) is 0 Å². The van der Waals surface area contributed by atoms with E-state index in [0.29, 0.717) is 23.6 Å². The number of aliphatic hydroxyl groups excluding tert-OH is 1. The lowest BCUT2D eigenvalue weighted by atomic mass is 9.96. The maximum Gasteiger partial charge on any atom is 0.271 e. The number of aliphatic hydroxyl groups is 1. The van der Waals surface area contributed by atoms with Gasteiger partial charge in [0.2, 0.25) is 0 Å². The summed E-state index contributed by atoms with van der Waals surface area (Å²) in [6, 6.07) is 18.9. The summed E-state index contributed by atoms with van der Waals surface area (Å²) in [7, 11) is 3.12. The minimum atomic E-state index is -0.752. The second-order valence-electron chi connectivity index (χ2n) is 6.92. The van der Waals surface area contributed by atoms with Crippen molar-refractivity contribution < 1.29 is 19.5 Å². The summed E-state index contributed by atoms with van der Waals surface area (Å²) in [4.78, 5) is 10.7. The fourth-order valence-corrected chi connectivity index (χ4v) is 3.57. The van der Waals surface area contributed by atoms with Crippen molar-refractivity contribution in [3.8, 4) is 11.5 Å². The number of nitrogens with zero attached hydrogens (tertiary/aromatic N) is 1. The lowest BCUT2D eigenvalue weighted by molar-refractivity contribution is -0.384. The number of rotatable bonds is 9. The van der Waals surface area contributed by atoms with Gasteiger partial charge in [0.1, 0.15) is 0 Å². The van der Waals surface area contributed by atoms with Crippen LogP contribution in [0.1, 0.15) is 29.7 Å². The number of nitrogens with one attached hydrogen (secondary N) is 1. The number of anilines is 1. The molecule has 0 aliphatic heterocycles. The number of non-ortho nitro benzene ring substituents is 1. The first-order valence-corrected chi connectivity index (χ1v) is 10.4. The van der Waals surface area contributed by atoms with E-state index >= 15 is 0 Å². The molecule has 0 amide bonds. The number of nitro groups is 1. The molecule has 7 nitrogen and oxygen atoms in total. The zero-order valence-electron chi connectivity index (χ0n) is 17.1. The van der Waals surface area contributed by atoms with Gasteiger partial charge < -0.3 is 19.9 Å². The quantitative estimate of drug-likeness (QED) is 0.299. The highest BCUT2D eigenvalue weighted by atomic mass is 79.9. The van der Waals surface area contributed by atoms with E-state index in [2.05, 4.69) is 21.2 Å². The minimum Gasteiger partial charge on any atom is -0.493 e. The molecule has 0 aliphatic rings. The van der Waals surface area contributed by atoms with Crippen molar-refractivity contribution in [2.24, 2.45) is 0 Å². The fourth-order valence-electron chi connectivity index (χ4n) is 3.30. The first-order valence-electron chi connectivity index (χ1n) is 9.57. The molecule has 2 atom stereocenters. The maximum absolute atomic E-state index is 11.2. The molecule has 0 aromatic heterocycles.